The van der Waals surface area contributed by atoms with Crippen molar-refractivity contribution in [2.75, 3.05) is 46.2 Å². The Bertz CT molecular complexity index is 3530. The van der Waals surface area contributed by atoms with Gasteiger partial charge in [0.25, 0.3) is 5.91 Å². The number of aromatic hydroxyl groups is 1. The van der Waals surface area contributed by atoms with Crippen molar-refractivity contribution in [3.63, 3.8) is 0 Å². The van der Waals surface area contributed by atoms with Gasteiger partial charge in [0.1, 0.15) is 182 Å². The third-order valence-electron chi connectivity index (χ3n) is 19.9. The summed E-state index contributed by atoms with van der Waals surface area (Å²) in [5.74, 6) is -1.69. The van der Waals surface area contributed by atoms with E-state index in [2.05, 4.69) is 15.3 Å². The molecular formula is C65H88N4O38. The molecule has 21 aliphatic rings. The fraction of sp³-hybridized carbons (Fsp3) is 0.692. The number of amides is 1. The number of pyridine rings is 2. The lowest BCUT2D eigenvalue weighted by atomic mass is 9.93. The summed E-state index contributed by atoms with van der Waals surface area (Å²) in [7, 11) is 0. The minimum absolute atomic E-state index is 0.0602. The molecule has 25 rings (SSSR count). The maximum atomic E-state index is 14.9. The van der Waals surface area contributed by atoms with E-state index in [0.29, 0.717) is 11.4 Å². The molecule has 1 amide bonds. The molecule has 35 atom stereocenters. The van der Waals surface area contributed by atoms with Gasteiger partial charge in [-0.2, -0.15) is 0 Å². The van der Waals surface area contributed by atoms with Gasteiger partial charge in [-0.25, -0.2) is 4.79 Å². The van der Waals surface area contributed by atoms with Gasteiger partial charge in [-0.3, -0.25) is 19.7 Å². The number of aromatic nitrogens is 2. The average molecular weight is 1530 g/mol. The summed E-state index contributed by atoms with van der Waals surface area (Å²) >= 11 is 0. The number of ether oxygens (including phenoxy) is 14. The van der Waals surface area contributed by atoms with E-state index in [1.54, 1.807) is 48.8 Å². The Kier molecular flexibility index (Phi) is 26.6. The van der Waals surface area contributed by atoms with Gasteiger partial charge in [-0.15, -0.1) is 0 Å². The summed E-state index contributed by atoms with van der Waals surface area (Å²) in [4.78, 5) is 39.9. The molecule has 0 saturated carbocycles. The van der Waals surface area contributed by atoms with Crippen molar-refractivity contribution < 1.29 is 183 Å². The zero-order valence-electron chi connectivity index (χ0n) is 56.3. The lowest BCUT2D eigenvalue weighted by molar-refractivity contribution is -0.396. The van der Waals surface area contributed by atoms with Crippen LogP contribution in [0, 0.1) is 0 Å². The van der Waals surface area contributed by atoms with Gasteiger partial charge in [0.15, 0.2) is 44.0 Å². The van der Waals surface area contributed by atoms with E-state index in [4.69, 9.17) is 70.7 Å². The van der Waals surface area contributed by atoms with Crippen LogP contribution in [0.5, 0.6) is 5.75 Å². The van der Waals surface area contributed by atoms with E-state index in [-0.39, 0.29) is 41.9 Å². The smallest absolute Gasteiger partial charge is 0.349 e. The summed E-state index contributed by atoms with van der Waals surface area (Å²) in [5, 5.41) is 241. The summed E-state index contributed by atoms with van der Waals surface area (Å²) in [5.41, 5.74) is -0.949. The highest BCUT2D eigenvalue weighted by Gasteiger charge is 2.60. The predicted molar refractivity (Wildman–Crippen MR) is 339 cm³/mol. The second-order valence-corrected chi connectivity index (χ2v) is 26.9. The SMILES string of the molecule is O=C(NC1C(O)C2OC(CO)C1OC1OC(CO)C(OC3OC(CO)C(OC4OC(CO)C(OC5OC(CO)C(OC6OC(CO)C(OC7OC(CO)C(O2)C(O)C7O)C(O)C6O)C(O)C5O)C(O)C4O)C(O)C3O)C(O)C1O)c1cc2ccc(O)c(CN(Cc3ccccn3)Cc3ccccn3)c2oc1=O. The number of aliphatic hydroxyl groups is 20. The largest absolute Gasteiger partial charge is 0.507 e. The van der Waals surface area contributed by atoms with Crippen LogP contribution in [0.1, 0.15) is 27.3 Å². The number of carbonyl (C=O) groups is 1. The van der Waals surface area contributed by atoms with Crippen molar-refractivity contribution in [3.8, 4) is 5.75 Å². The zero-order chi connectivity index (χ0) is 76.6. The molecule has 0 radical (unpaired) electrons. The standard InChI is InChI=1S/C65H88N4O38/c70-15-28-50-35(68-57(91)25-11-22-7-8-27(77)26(49(22)100-58(25)92)14-69(12-23-5-1-3-9-66-23)13-24-6-2-4-10-67-24)36(78)59(93-28)102-51-29(16-71)95-61(44(86)38(51)80)104-53-31(18-73)97-63(46(88)40(53)82)106-55-33(20-75)99-65(48(90)42(55)84)107-56-34(21-76)98-64(47(89)41(56)83)105-54-32(19-74)96-62(45(87)39(54)81)103-52-30(17-72)94-60(101-50)43(85)37(52)79/h1-11,28-48,50-56,59-65,70-90H,12-21H2,(H,68,91). The van der Waals surface area contributed by atoms with Crippen molar-refractivity contribution in [3.05, 3.63) is 99.9 Å². The molecule has 107 heavy (non-hydrogen) atoms. The molecule has 35 unspecified atom stereocenters. The molecular weight excluding hydrogens is 1440 g/mol. The number of aliphatic hydroxyl groups excluding tert-OH is 20. The molecule has 21 saturated heterocycles. The first-order valence-electron chi connectivity index (χ1n) is 34.2. The Labute approximate surface area is 604 Å². The summed E-state index contributed by atoms with van der Waals surface area (Å²) in [6.07, 6.45) is -68.6. The van der Waals surface area contributed by atoms with Crippen LogP contribution < -0.4 is 10.9 Å². The first-order chi connectivity index (χ1) is 51.3. The number of hydrogen-bond acceptors (Lipinski definition) is 41. The first kappa shape index (κ1) is 81.1. The average Bonchev–Trinajstić information content (AvgIpc) is 0.785. The first-order valence-corrected chi connectivity index (χ1v) is 34.2. The van der Waals surface area contributed by atoms with Crippen LogP contribution in [0.4, 0.5) is 0 Å². The zero-order valence-corrected chi connectivity index (χ0v) is 56.3. The highest BCUT2D eigenvalue weighted by atomic mass is 16.8. The molecule has 0 spiro atoms. The van der Waals surface area contributed by atoms with Gasteiger partial charge in [-0.1, -0.05) is 12.1 Å². The molecule has 1 aromatic carbocycles. The van der Waals surface area contributed by atoms with Gasteiger partial charge in [0.2, 0.25) is 0 Å². The van der Waals surface area contributed by atoms with Crippen molar-refractivity contribution >= 4 is 16.9 Å². The normalized spacial score (nSPS) is 43.1. The molecule has 14 bridgehead atoms. The van der Waals surface area contributed by atoms with Gasteiger partial charge in [0, 0.05) is 37.4 Å². The van der Waals surface area contributed by atoms with E-state index < -0.39 is 278 Å². The van der Waals surface area contributed by atoms with Gasteiger partial charge in [0.05, 0.1) is 69.2 Å². The number of benzene rings is 1. The van der Waals surface area contributed by atoms with Crippen molar-refractivity contribution in [2.45, 2.75) is 235 Å². The predicted octanol–water partition coefficient (Wildman–Crippen LogP) is -12.0. The van der Waals surface area contributed by atoms with Gasteiger partial charge < -0.3 is 183 Å². The molecule has 42 nitrogen and oxygen atoms in total. The molecule has 596 valence electrons. The number of rotatable bonds is 15. The van der Waals surface area contributed by atoms with E-state index >= 15 is 0 Å². The molecule has 4 aromatic rings. The lowest BCUT2D eigenvalue weighted by Gasteiger charge is -2.50. The van der Waals surface area contributed by atoms with Crippen molar-refractivity contribution in [1.82, 2.24) is 20.2 Å². The maximum Gasteiger partial charge on any atom is 0.349 e. The number of carbonyl (C=O) groups excluding carboxylic acids is 1. The maximum absolute atomic E-state index is 14.9. The Hall–Kier alpha value is -5.40. The molecule has 42 heteroatoms. The van der Waals surface area contributed by atoms with Crippen molar-refractivity contribution in [2.24, 2.45) is 0 Å². The minimum Gasteiger partial charge on any atom is -0.507 e. The monoisotopic (exact) mass is 1530 g/mol. The van der Waals surface area contributed by atoms with Crippen LogP contribution in [0.15, 0.2) is 76.2 Å². The van der Waals surface area contributed by atoms with Crippen LogP contribution in [0.2, 0.25) is 0 Å². The molecule has 3 aromatic heterocycles. The Balaban J connectivity index is 0.863. The van der Waals surface area contributed by atoms with Crippen LogP contribution >= 0.6 is 0 Å². The Morgan fingerprint density at radius 1 is 0.374 bits per heavy atom. The summed E-state index contributed by atoms with van der Waals surface area (Å²) in [6, 6.07) is 12.1. The summed E-state index contributed by atoms with van der Waals surface area (Å²) in [6.45, 7) is -7.59. The molecule has 21 fully saturated rings. The van der Waals surface area contributed by atoms with Gasteiger partial charge in [-0.05, 0) is 42.5 Å². The highest BCUT2D eigenvalue weighted by molar-refractivity contribution is 5.97. The van der Waals surface area contributed by atoms with Crippen LogP contribution in [-0.4, -0.2) is 389 Å². The number of phenols is 1. The molecule has 22 N–H and O–H groups in total. The molecule has 21 aliphatic heterocycles. The number of fused-ring (bicyclic) bond motifs is 1. The molecule has 0 aliphatic carbocycles. The fourth-order valence-corrected chi connectivity index (χ4v) is 14.2. The third-order valence-corrected chi connectivity index (χ3v) is 19.9. The van der Waals surface area contributed by atoms with Crippen molar-refractivity contribution in [1.29, 1.82) is 0 Å². The van der Waals surface area contributed by atoms with Gasteiger partial charge >= 0.3 is 5.63 Å². The topological polar surface area (TPSA) is 642 Å². The number of nitrogens with zero attached hydrogens (tertiary/aromatic N) is 3. The summed E-state index contributed by atoms with van der Waals surface area (Å²) < 4.78 is 87.8. The lowest BCUT2D eigenvalue weighted by Crippen LogP contribution is -2.70. The van der Waals surface area contributed by atoms with Crippen LogP contribution in [0.25, 0.3) is 11.0 Å². The minimum atomic E-state index is -2.40. The van der Waals surface area contributed by atoms with E-state index in [1.165, 1.54) is 12.1 Å². The highest BCUT2D eigenvalue weighted by Crippen LogP contribution is 2.40. The number of nitrogens with one attached hydrogen (secondary N) is 1. The fourth-order valence-electron chi connectivity index (χ4n) is 14.2. The Morgan fingerprint density at radius 2 is 0.673 bits per heavy atom. The van der Waals surface area contributed by atoms with E-state index in [9.17, 15) is 117 Å². The van der Waals surface area contributed by atoms with Crippen LogP contribution in [0.3, 0.4) is 0 Å². The number of hydrogen-bond donors (Lipinski definition) is 22. The third kappa shape index (κ3) is 16.8. The second kappa shape index (κ2) is 35.1. The van der Waals surface area contributed by atoms with Crippen LogP contribution in [-0.2, 0) is 86.0 Å². The van der Waals surface area contributed by atoms with E-state index in [1.807, 2.05) is 4.90 Å². The van der Waals surface area contributed by atoms with E-state index in [0.717, 1.165) is 6.07 Å². The second-order valence-electron chi connectivity index (χ2n) is 26.9. The number of phenolic OH excluding ortho intramolecular Hbond substituents is 1. The Morgan fingerprint density at radius 3 is 0.972 bits per heavy atom. The quantitative estimate of drug-likeness (QED) is 0.0492. The molecule has 24 heterocycles.